The van der Waals surface area contributed by atoms with E-state index in [1.54, 1.807) is 18.3 Å². The molecule has 0 amide bonds. The molecule has 6 heterocycles. The molecule has 3 N–H and O–H groups in total. The number of hydrogen-bond acceptors (Lipinski definition) is 14. The lowest BCUT2D eigenvalue weighted by Crippen LogP contribution is -2.26. The number of nitrogen functional groups attached to an aromatic ring is 1. The van der Waals surface area contributed by atoms with Gasteiger partial charge in [0.15, 0.2) is 0 Å². The Morgan fingerprint density at radius 2 is 1.12 bits per heavy atom. The Bertz CT molecular complexity index is 1370. The standard InChI is InChI=1S/C10H12N2O4.C10H14N2O2.C5H3FN2O2.C5H10O2.CH4/c13-12(14)9-2-1-5-11-10(9)16-8-3-6-15-7-4-8;11-9-2-1-5-12-10(9)14-8-3-6-13-7-4-8;6-5-4(8(9)10)2-1-3-7-5;6-5-1-3-7-4-2-5;/h1-2,5,8H,3-4,6-7H2;1-2,5,8H,3-4,6-7,11H2;1-3H;5-6H,1-4H2;1H4. The SMILES string of the molecule is C.Nc1cccnc1OC1CCOCC1.O=[N+]([O-])c1cccnc1F.O=[N+]([O-])c1cccnc1OC1CCOCC1.OC1CCOCC1. The van der Waals surface area contributed by atoms with Crippen molar-refractivity contribution in [1.82, 2.24) is 15.0 Å². The van der Waals surface area contributed by atoms with Gasteiger partial charge in [-0.05, 0) is 37.1 Å². The highest BCUT2D eigenvalue weighted by Gasteiger charge is 2.22. The topological polar surface area (TPSA) is 217 Å². The van der Waals surface area contributed by atoms with Crippen LogP contribution in [0.25, 0.3) is 0 Å². The van der Waals surface area contributed by atoms with Crippen molar-refractivity contribution < 1.29 is 43.0 Å². The van der Waals surface area contributed by atoms with E-state index in [0.717, 1.165) is 77.2 Å². The first-order chi connectivity index (χ1) is 22.7. The van der Waals surface area contributed by atoms with E-state index >= 15 is 0 Å². The number of hydrogen-bond donors (Lipinski definition) is 2. The van der Waals surface area contributed by atoms with Crippen LogP contribution < -0.4 is 15.2 Å². The number of nitrogens with two attached hydrogens (primary N) is 1. The molecule has 6 rings (SSSR count). The van der Waals surface area contributed by atoms with Crippen LogP contribution in [0.2, 0.25) is 0 Å². The zero-order valence-corrected chi connectivity index (χ0v) is 25.7. The van der Waals surface area contributed by atoms with Gasteiger partial charge in [0.25, 0.3) is 11.8 Å². The summed E-state index contributed by atoms with van der Waals surface area (Å²) in [4.78, 5) is 30.4. The minimum absolute atomic E-state index is 0. The Morgan fingerprint density at radius 1 is 0.708 bits per heavy atom. The first kappa shape index (κ1) is 39.6. The molecule has 3 saturated heterocycles. The number of halogens is 1. The third kappa shape index (κ3) is 14.5. The predicted octanol–water partition coefficient (Wildman–Crippen LogP) is 4.69. The molecule has 0 atom stereocenters. The quantitative estimate of drug-likeness (QED) is 0.205. The Labute approximate surface area is 277 Å². The first-order valence-corrected chi connectivity index (χ1v) is 15.0. The van der Waals surface area contributed by atoms with E-state index < -0.39 is 21.5 Å². The van der Waals surface area contributed by atoms with Crippen LogP contribution in [0.15, 0.2) is 55.0 Å². The van der Waals surface area contributed by atoms with Crippen LogP contribution >= 0.6 is 0 Å². The molecule has 0 spiro atoms. The van der Waals surface area contributed by atoms with Crippen molar-refractivity contribution in [1.29, 1.82) is 0 Å². The summed E-state index contributed by atoms with van der Waals surface area (Å²) in [5.41, 5.74) is 5.63. The molecular formula is C31H43FN6O10. The Hall–Kier alpha value is -4.58. The van der Waals surface area contributed by atoms with E-state index in [-0.39, 0.29) is 37.3 Å². The summed E-state index contributed by atoms with van der Waals surface area (Å²) in [6.07, 6.45) is 9.35. The van der Waals surface area contributed by atoms with E-state index in [9.17, 15) is 24.6 Å². The van der Waals surface area contributed by atoms with Gasteiger partial charge in [-0.25, -0.2) is 15.0 Å². The largest absolute Gasteiger partial charge is 0.473 e. The van der Waals surface area contributed by atoms with Crippen LogP contribution in [0.1, 0.15) is 46.0 Å². The van der Waals surface area contributed by atoms with Crippen molar-refractivity contribution in [2.24, 2.45) is 0 Å². The summed E-state index contributed by atoms with van der Waals surface area (Å²) in [7, 11) is 0. The van der Waals surface area contributed by atoms with E-state index in [1.807, 2.05) is 0 Å². The van der Waals surface area contributed by atoms with Gasteiger partial charge in [0.1, 0.15) is 12.2 Å². The maximum atomic E-state index is 12.3. The van der Waals surface area contributed by atoms with Gasteiger partial charge in [-0.1, -0.05) is 7.43 Å². The summed E-state index contributed by atoms with van der Waals surface area (Å²) in [6.45, 7) is 4.26. The monoisotopic (exact) mass is 678 g/mol. The lowest BCUT2D eigenvalue weighted by atomic mass is 10.1. The van der Waals surface area contributed by atoms with Gasteiger partial charge < -0.3 is 34.5 Å². The maximum absolute atomic E-state index is 12.3. The maximum Gasteiger partial charge on any atom is 0.330 e. The minimum atomic E-state index is -1.05. The van der Waals surface area contributed by atoms with Gasteiger partial charge in [0.05, 0.1) is 48.1 Å². The Morgan fingerprint density at radius 3 is 1.54 bits per heavy atom. The average Bonchev–Trinajstić information content (AvgIpc) is 3.08. The summed E-state index contributed by atoms with van der Waals surface area (Å²) < 4.78 is 38.9. The van der Waals surface area contributed by atoms with Gasteiger partial charge in [-0.15, -0.1) is 0 Å². The number of rotatable bonds is 6. The molecule has 0 radical (unpaired) electrons. The van der Waals surface area contributed by atoms with E-state index in [4.69, 9.17) is 34.5 Å². The number of anilines is 1. The lowest BCUT2D eigenvalue weighted by molar-refractivity contribution is -0.388. The molecule has 0 saturated carbocycles. The van der Waals surface area contributed by atoms with E-state index in [2.05, 4.69) is 15.0 Å². The van der Waals surface area contributed by atoms with Crippen LogP contribution in [0.4, 0.5) is 21.5 Å². The third-order valence-electron chi connectivity index (χ3n) is 6.77. The molecule has 16 nitrogen and oxygen atoms in total. The fourth-order valence-electron chi connectivity index (χ4n) is 4.22. The van der Waals surface area contributed by atoms with Crippen LogP contribution in [0.5, 0.6) is 11.8 Å². The van der Waals surface area contributed by atoms with Crippen molar-refractivity contribution >= 4 is 17.1 Å². The zero-order chi connectivity index (χ0) is 33.9. The molecule has 3 aromatic heterocycles. The van der Waals surface area contributed by atoms with Crippen molar-refractivity contribution in [3.8, 4) is 11.8 Å². The second kappa shape index (κ2) is 22.1. The average molecular weight is 679 g/mol. The molecule has 3 aliphatic rings. The highest BCUT2D eigenvalue weighted by Crippen LogP contribution is 2.26. The fourth-order valence-corrected chi connectivity index (χ4v) is 4.22. The molecule has 0 aromatic carbocycles. The van der Waals surface area contributed by atoms with Crippen molar-refractivity contribution in [2.75, 3.05) is 45.4 Å². The number of aliphatic hydroxyl groups excluding tert-OH is 1. The van der Waals surface area contributed by atoms with Crippen LogP contribution in [0.3, 0.4) is 0 Å². The first-order valence-electron chi connectivity index (χ1n) is 15.0. The van der Waals surface area contributed by atoms with E-state index in [1.165, 1.54) is 24.4 Å². The molecule has 3 aromatic rings. The lowest BCUT2D eigenvalue weighted by Gasteiger charge is -2.23. The molecule has 264 valence electrons. The van der Waals surface area contributed by atoms with Gasteiger partial charge in [-0.2, -0.15) is 4.39 Å². The second-order valence-corrected chi connectivity index (χ2v) is 10.3. The van der Waals surface area contributed by atoms with Gasteiger partial charge in [-0.3, -0.25) is 20.2 Å². The molecule has 48 heavy (non-hydrogen) atoms. The van der Waals surface area contributed by atoms with Gasteiger partial charge >= 0.3 is 11.4 Å². The molecule has 17 heteroatoms. The molecule has 3 aliphatic heterocycles. The molecule has 0 unspecified atom stereocenters. The fraction of sp³-hybridized carbons (Fsp3) is 0.516. The van der Waals surface area contributed by atoms with Crippen molar-refractivity contribution in [3.05, 3.63) is 81.2 Å². The number of aliphatic hydroxyl groups is 1. The number of nitro groups is 2. The third-order valence-corrected chi connectivity index (χ3v) is 6.77. The summed E-state index contributed by atoms with van der Waals surface area (Å²) in [5, 5.41) is 29.5. The summed E-state index contributed by atoms with van der Waals surface area (Å²) in [6, 6.07) is 8.87. The predicted molar refractivity (Wildman–Crippen MR) is 172 cm³/mol. The van der Waals surface area contributed by atoms with Crippen LogP contribution in [0, 0.1) is 26.2 Å². The number of ether oxygens (including phenoxy) is 5. The van der Waals surface area contributed by atoms with Crippen LogP contribution in [-0.4, -0.2) is 87.9 Å². The number of aromatic nitrogens is 3. The van der Waals surface area contributed by atoms with Gasteiger partial charge in [0.2, 0.25) is 5.88 Å². The van der Waals surface area contributed by atoms with Gasteiger partial charge in [0, 0.05) is 69.6 Å². The highest BCUT2D eigenvalue weighted by molar-refractivity contribution is 5.47. The Balaban J connectivity index is 0.000000230. The number of pyridine rings is 3. The molecule has 0 bridgehead atoms. The summed E-state index contributed by atoms with van der Waals surface area (Å²) in [5.74, 6) is -0.411. The van der Waals surface area contributed by atoms with Crippen molar-refractivity contribution in [2.45, 2.75) is 64.3 Å². The van der Waals surface area contributed by atoms with Crippen molar-refractivity contribution in [3.63, 3.8) is 0 Å². The molecular weight excluding hydrogens is 635 g/mol. The zero-order valence-electron chi connectivity index (χ0n) is 25.7. The second-order valence-electron chi connectivity index (χ2n) is 10.3. The van der Waals surface area contributed by atoms with Crippen LogP contribution in [-0.2, 0) is 14.2 Å². The number of nitrogens with zero attached hydrogens (tertiary/aromatic N) is 5. The minimum Gasteiger partial charge on any atom is -0.473 e. The summed E-state index contributed by atoms with van der Waals surface area (Å²) >= 11 is 0. The molecule has 3 fully saturated rings. The smallest absolute Gasteiger partial charge is 0.330 e. The Kier molecular flexibility index (Phi) is 18.2. The molecule has 0 aliphatic carbocycles. The highest BCUT2D eigenvalue weighted by atomic mass is 19.1. The van der Waals surface area contributed by atoms with E-state index in [0.29, 0.717) is 24.8 Å². The normalized spacial score (nSPS) is 16.5.